The highest BCUT2D eigenvalue weighted by molar-refractivity contribution is 6.46. The molecule has 0 fully saturated rings. The molecule has 0 spiro atoms. The molecule has 0 atom stereocenters. The molecule has 1 aliphatic rings. The Morgan fingerprint density at radius 3 is 2.19 bits per heavy atom. The van der Waals surface area contributed by atoms with Crippen molar-refractivity contribution >= 4 is 40.4 Å². The molecule has 1 aliphatic heterocycles. The molecule has 31 heavy (non-hydrogen) atoms. The predicted octanol–water partition coefficient (Wildman–Crippen LogP) is 5.97. The smallest absolute Gasteiger partial charge is 0.282 e. The highest BCUT2D eigenvalue weighted by atomic mass is 35.5. The second kappa shape index (κ2) is 8.05. The van der Waals surface area contributed by atoms with E-state index in [4.69, 9.17) is 11.6 Å². The summed E-state index contributed by atoms with van der Waals surface area (Å²) < 4.78 is 0. The maximum atomic E-state index is 13.5. The largest absolute Gasteiger partial charge is 0.350 e. The lowest BCUT2D eigenvalue weighted by molar-refractivity contribution is -0.120. The van der Waals surface area contributed by atoms with E-state index in [0.717, 1.165) is 22.3 Å². The third-order valence-corrected chi connectivity index (χ3v) is 5.99. The van der Waals surface area contributed by atoms with E-state index in [1.165, 1.54) is 4.90 Å². The molecule has 0 aliphatic carbocycles. The molecule has 156 valence electrons. The van der Waals surface area contributed by atoms with Crippen LogP contribution >= 0.6 is 11.6 Å². The molecule has 4 rings (SSSR count). The SMILES string of the molecule is Cc1cccc(N2C(=O)C(Nc3ccc(C)c(Cl)c3)=C(c3ccc(C)c(C)c3)C2=O)c1. The lowest BCUT2D eigenvalue weighted by Gasteiger charge is -2.16. The van der Waals surface area contributed by atoms with Crippen LogP contribution in [-0.4, -0.2) is 11.8 Å². The fourth-order valence-electron chi connectivity index (χ4n) is 3.63. The monoisotopic (exact) mass is 430 g/mol. The van der Waals surface area contributed by atoms with Gasteiger partial charge < -0.3 is 5.32 Å². The Kier molecular flexibility index (Phi) is 5.42. The minimum absolute atomic E-state index is 0.245. The van der Waals surface area contributed by atoms with Crippen LogP contribution in [0.1, 0.15) is 27.8 Å². The first-order chi connectivity index (χ1) is 14.8. The number of anilines is 2. The summed E-state index contributed by atoms with van der Waals surface area (Å²) in [6, 6.07) is 18.6. The second-order valence-corrected chi connectivity index (χ2v) is 8.33. The van der Waals surface area contributed by atoms with Gasteiger partial charge in [-0.3, -0.25) is 9.59 Å². The van der Waals surface area contributed by atoms with Gasteiger partial charge in [-0.05, 0) is 79.8 Å². The third-order valence-electron chi connectivity index (χ3n) is 5.58. The highest BCUT2D eigenvalue weighted by Crippen LogP contribution is 2.35. The molecule has 4 nitrogen and oxygen atoms in total. The van der Waals surface area contributed by atoms with E-state index in [-0.39, 0.29) is 17.5 Å². The van der Waals surface area contributed by atoms with Crippen LogP contribution < -0.4 is 10.2 Å². The summed E-state index contributed by atoms with van der Waals surface area (Å²) in [5.74, 6) is -0.736. The molecular formula is C26H23ClN2O2. The van der Waals surface area contributed by atoms with Gasteiger partial charge >= 0.3 is 0 Å². The first kappa shape index (κ1) is 20.9. The van der Waals surface area contributed by atoms with Crippen LogP contribution in [0.5, 0.6) is 0 Å². The minimum Gasteiger partial charge on any atom is -0.350 e. The van der Waals surface area contributed by atoms with Crippen molar-refractivity contribution in [2.75, 3.05) is 10.2 Å². The van der Waals surface area contributed by atoms with Crippen molar-refractivity contribution in [2.45, 2.75) is 27.7 Å². The van der Waals surface area contributed by atoms with Gasteiger partial charge in [0, 0.05) is 10.7 Å². The maximum absolute atomic E-state index is 13.5. The maximum Gasteiger partial charge on any atom is 0.282 e. The molecular weight excluding hydrogens is 408 g/mol. The molecule has 3 aromatic carbocycles. The molecule has 0 aromatic heterocycles. The van der Waals surface area contributed by atoms with Crippen molar-refractivity contribution in [1.29, 1.82) is 0 Å². The summed E-state index contributed by atoms with van der Waals surface area (Å²) in [5.41, 5.74) is 6.59. The quantitative estimate of drug-likeness (QED) is 0.518. The van der Waals surface area contributed by atoms with Gasteiger partial charge in [-0.1, -0.05) is 48.0 Å². The Balaban J connectivity index is 1.85. The number of benzene rings is 3. The van der Waals surface area contributed by atoms with E-state index in [2.05, 4.69) is 5.32 Å². The molecule has 0 bridgehead atoms. The van der Waals surface area contributed by atoms with Crippen LogP contribution in [0.3, 0.4) is 0 Å². The van der Waals surface area contributed by atoms with Gasteiger partial charge in [0.1, 0.15) is 5.70 Å². The van der Waals surface area contributed by atoms with Gasteiger partial charge in [0.05, 0.1) is 11.3 Å². The van der Waals surface area contributed by atoms with Gasteiger partial charge in [-0.2, -0.15) is 0 Å². The summed E-state index contributed by atoms with van der Waals surface area (Å²) in [4.78, 5) is 28.2. The Bertz CT molecular complexity index is 1260. The highest BCUT2D eigenvalue weighted by Gasteiger charge is 2.40. The van der Waals surface area contributed by atoms with Gasteiger partial charge in [0.25, 0.3) is 11.8 Å². The number of hydrogen-bond donors (Lipinski definition) is 1. The molecule has 1 heterocycles. The summed E-state index contributed by atoms with van der Waals surface area (Å²) in [6.45, 7) is 7.85. The summed E-state index contributed by atoms with van der Waals surface area (Å²) in [5, 5.41) is 3.76. The van der Waals surface area contributed by atoms with Crippen LogP contribution in [-0.2, 0) is 9.59 Å². The van der Waals surface area contributed by atoms with E-state index in [0.29, 0.717) is 27.5 Å². The number of nitrogens with zero attached hydrogens (tertiary/aromatic N) is 1. The number of amides is 2. The fourth-order valence-corrected chi connectivity index (χ4v) is 3.81. The topological polar surface area (TPSA) is 49.4 Å². The number of rotatable bonds is 4. The van der Waals surface area contributed by atoms with Crippen LogP contribution in [0.4, 0.5) is 11.4 Å². The van der Waals surface area contributed by atoms with E-state index >= 15 is 0 Å². The van der Waals surface area contributed by atoms with Crippen LogP contribution in [0.15, 0.2) is 66.4 Å². The van der Waals surface area contributed by atoms with Crippen molar-refractivity contribution < 1.29 is 9.59 Å². The summed E-state index contributed by atoms with van der Waals surface area (Å²) in [6.07, 6.45) is 0. The molecule has 5 heteroatoms. The average Bonchev–Trinajstić information content (AvgIpc) is 2.96. The van der Waals surface area contributed by atoms with Crippen LogP contribution in [0.2, 0.25) is 5.02 Å². The summed E-state index contributed by atoms with van der Waals surface area (Å²) in [7, 11) is 0. The Hall–Kier alpha value is -3.37. The molecule has 0 saturated heterocycles. The molecule has 0 radical (unpaired) electrons. The zero-order chi connectivity index (χ0) is 22.3. The van der Waals surface area contributed by atoms with E-state index in [1.807, 2.05) is 76.2 Å². The van der Waals surface area contributed by atoms with Crippen molar-refractivity contribution in [2.24, 2.45) is 0 Å². The number of nitrogens with one attached hydrogen (secondary N) is 1. The number of carbonyl (C=O) groups is 2. The second-order valence-electron chi connectivity index (χ2n) is 7.92. The van der Waals surface area contributed by atoms with Crippen molar-refractivity contribution in [3.8, 4) is 0 Å². The van der Waals surface area contributed by atoms with E-state index in [1.54, 1.807) is 12.1 Å². The molecule has 3 aromatic rings. The standard InChI is InChI=1S/C26H23ClN2O2/c1-15-6-5-7-21(12-15)29-25(30)23(19-10-8-16(2)18(4)13-19)24(26(29)31)28-20-11-9-17(3)22(27)14-20/h5-14,28H,1-4H3. The van der Waals surface area contributed by atoms with Crippen LogP contribution in [0, 0.1) is 27.7 Å². The molecule has 0 unspecified atom stereocenters. The number of hydrogen-bond acceptors (Lipinski definition) is 3. The number of aryl methyl sites for hydroxylation is 4. The Morgan fingerprint density at radius 2 is 1.52 bits per heavy atom. The number of imide groups is 1. The Labute approximate surface area is 187 Å². The number of carbonyl (C=O) groups excluding carboxylic acids is 2. The Morgan fingerprint density at radius 1 is 0.774 bits per heavy atom. The lowest BCUT2D eigenvalue weighted by atomic mass is 9.99. The van der Waals surface area contributed by atoms with Crippen molar-refractivity contribution in [3.63, 3.8) is 0 Å². The van der Waals surface area contributed by atoms with Crippen molar-refractivity contribution in [1.82, 2.24) is 0 Å². The first-order valence-electron chi connectivity index (χ1n) is 10.1. The zero-order valence-corrected chi connectivity index (χ0v) is 18.7. The van der Waals surface area contributed by atoms with Gasteiger partial charge in [0.15, 0.2) is 0 Å². The van der Waals surface area contributed by atoms with Gasteiger partial charge in [0.2, 0.25) is 0 Å². The zero-order valence-electron chi connectivity index (χ0n) is 17.9. The van der Waals surface area contributed by atoms with Gasteiger partial charge in [-0.15, -0.1) is 0 Å². The molecule has 2 amide bonds. The van der Waals surface area contributed by atoms with E-state index in [9.17, 15) is 9.59 Å². The normalized spacial score (nSPS) is 13.9. The fraction of sp³-hybridized carbons (Fsp3) is 0.154. The predicted molar refractivity (Wildman–Crippen MR) is 126 cm³/mol. The van der Waals surface area contributed by atoms with Crippen LogP contribution in [0.25, 0.3) is 5.57 Å². The van der Waals surface area contributed by atoms with Gasteiger partial charge in [-0.25, -0.2) is 4.90 Å². The lowest BCUT2D eigenvalue weighted by Crippen LogP contribution is -2.32. The van der Waals surface area contributed by atoms with Crippen molar-refractivity contribution in [3.05, 3.63) is 99.2 Å². The first-order valence-corrected chi connectivity index (χ1v) is 10.4. The molecule has 1 N–H and O–H groups in total. The minimum atomic E-state index is -0.388. The average molecular weight is 431 g/mol. The number of halogens is 1. The molecule has 0 saturated carbocycles. The van der Waals surface area contributed by atoms with E-state index < -0.39 is 0 Å². The third kappa shape index (κ3) is 3.87. The summed E-state index contributed by atoms with van der Waals surface area (Å²) >= 11 is 6.28.